The summed E-state index contributed by atoms with van der Waals surface area (Å²) in [5.41, 5.74) is 5.76. The van der Waals surface area contributed by atoms with E-state index in [-0.39, 0.29) is 17.9 Å². The summed E-state index contributed by atoms with van der Waals surface area (Å²) in [6.07, 6.45) is 8.80. The Bertz CT molecular complexity index is 1080. The summed E-state index contributed by atoms with van der Waals surface area (Å²) < 4.78 is 1.01. The fourth-order valence-electron chi connectivity index (χ4n) is 4.88. The number of nitrogens with zero attached hydrogens (tertiary/aromatic N) is 3. The number of fused-ring (bicyclic) bond motifs is 2. The first kappa shape index (κ1) is 21.6. The molecule has 164 valence electrons. The maximum atomic E-state index is 12.8. The number of amides is 1. The Hall–Kier alpha value is -2.28. The molecule has 2 aromatic heterocycles. The number of anilines is 1. The Labute approximate surface area is 201 Å². The highest BCUT2D eigenvalue weighted by atomic mass is 79.9. The van der Waals surface area contributed by atoms with Gasteiger partial charge >= 0.3 is 0 Å². The van der Waals surface area contributed by atoms with Gasteiger partial charge in [0.2, 0.25) is 5.91 Å². The quantitative estimate of drug-likeness (QED) is 0.509. The molecule has 1 fully saturated rings. The molecule has 32 heavy (non-hydrogen) atoms. The van der Waals surface area contributed by atoms with Crippen LogP contribution in [0, 0.1) is 5.92 Å². The van der Waals surface area contributed by atoms with Gasteiger partial charge in [-0.15, -0.1) is 0 Å². The molecule has 1 N–H and O–H groups in total. The lowest BCUT2D eigenvalue weighted by Gasteiger charge is -2.37. The molecule has 3 aromatic rings. The van der Waals surface area contributed by atoms with E-state index >= 15 is 0 Å². The minimum atomic E-state index is 0.00669. The van der Waals surface area contributed by atoms with Crippen molar-refractivity contribution in [1.82, 2.24) is 14.9 Å². The van der Waals surface area contributed by atoms with Crippen LogP contribution in [-0.4, -0.2) is 33.9 Å². The molecule has 0 bridgehead atoms. The van der Waals surface area contributed by atoms with Crippen molar-refractivity contribution < 1.29 is 4.79 Å². The number of pyridine rings is 2. The highest BCUT2D eigenvalue weighted by molar-refractivity contribution is 9.10. The predicted molar refractivity (Wildman–Crippen MR) is 130 cm³/mol. The average Bonchev–Trinajstić information content (AvgIpc) is 2.96. The average molecular weight is 512 g/mol. The number of aryl methyl sites for hydroxylation is 2. The van der Waals surface area contributed by atoms with Crippen LogP contribution in [-0.2, 0) is 17.6 Å². The van der Waals surface area contributed by atoms with Gasteiger partial charge in [0.15, 0.2) is 0 Å². The molecule has 1 aliphatic carbocycles. The summed E-state index contributed by atoms with van der Waals surface area (Å²) in [5.74, 6) is 0.0959. The largest absolute Gasteiger partial charge is 0.326 e. The van der Waals surface area contributed by atoms with E-state index < -0.39 is 0 Å². The van der Waals surface area contributed by atoms with Crippen LogP contribution in [0.1, 0.15) is 41.3 Å². The second-order valence-electron chi connectivity index (χ2n) is 8.48. The van der Waals surface area contributed by atoms with Crippen LogP contribution in [0.4, 0.5) is 5.69 Å². The van der Waals surface area contributed by atoms with Gasteiger partial charge in [-0.05, 0) is 102 Å². The van der Waals surface area contributed by atoms with Gasteiger partial charge in [-0.3, -0.25) is 19.7 Å². The van der Waals surface area contributed by atoms with Crippen LogP contribution in [0.3, 0.4) is 0 Å². The normalized spacial score (nSPS) is 19.0. The van der Waals surface area contributed by atoms with E-state index in [9.17, 15) is 4.79 Å². The third-order valence-electron chi connectivity index (χ3n) is 6.50. The molecule has 3 heterocycles. The minimum absolute atomic E-state index is 0.00669. The second kappa shape index (κ2) is 9.30. The smallest absolute Gasteiger partial charge is 0.227 e. The number of likely N-dealkylation sites (tertiary alicyclic amines) is 1. The first-order valence-electron chi connectivity index (χ1n) is 11.0. The molecule has 0 spiro atoms. The first-order valence-corrected chi connectivity index (χ1v) is 12.1. The Balaban J connectivity index is 1.38. The van der Waals surface area contributed by atoms with Crippen molar-refractivity contribution >= 4 is 39.1 Å². The number of carbonyl (C=O) groups excluding carboxylic acids is 1. The number of benzene rings is 1. The lowest BCUT2D eigenvalue weighted by molar-refractivity contribution is -0.121. The Kier molecular flexibility index (Phi) is 6.26. The Morgan fingerprint density at radius 3 is 2.59 bits per heavy atom. The topological polar surface area (TPSA) is 58.1 Å². The van der Waals surface area contributed by atoms with Crippen LogP contribution in [0.2, 0.25) is 5.02 Å². The molecule has 0 saturated carbocycles. The maximum Gasteiger partial charge on any atom is 0.227 e. The van der Waals surface area contributed by atoms with Gasteiger partial charge < -0.3 is 5.32 Å². The van der Waals surface area contributed by atoms with Crippen molar-refractivity contribution in [3.63, 3.8) is 0 Å². The standard InChI is InChI=1S/C25H24BrClN4O/c26-19-13-18-2-1-17-14-20(27)3-4-22(17)24(23(18)29-15-19)31-11-7-16(8-12-31)25(32)30-21-5-9-28-10-6-21/h3-6,9-10,13-16,24H,1-2,7-8,11-12H2,(H,28,30,32). The van der Waals surface area contributed by atoms with Gasteiger partial charge in [-0.1, -0.05) is 17.7 Å². The van der Waals surface area contributed by atoms with Crippen LogP contribution >= 0.6 is 27.5 Å². The van der Waals surface area contributed by atoms with Gasteiger partial charge in [0.1, 0.15) is 0 Å². The second-order valence-corrected chi connectivity index (χ2v) is 9.83. The van der Waals surface area contributed by atoms with Gasteiger partial charge in [0.05, 0.1) is 11.7 Å². The van der Waals surface area contributed by atoms with Gasteiger partial charge in [0.25, 0.3) is 0 Å². The monoisotopic (exact) mass is 510 g/mol. The van der Waals surface area contributed by atoms with Crippen LogP contribution in [0.25, 0.3) is 0 Å². The van der Waals surface area contributed by atoms with Gasteiger partial charge in [-0.25, -0.2) is 0 Å². The molecule has 5 nitrogen and oxygen atoms in total. The summed E-state index contributed by atoms with van der Waals surface area (Å²) in [7, 11) is 0. The summed E-state index contributed by atoms with van der Waals surface area (Å²) in [4.78, 5) is 24.1. The van der Waals surface area contributed by atoms with Crippen molar-refractivity contribution in [2.75, 3.05) is 18.4 Å². The van der Waals surface area contributed by atoms with Crippen molar-refractivity contribution in [3.8, 4) is 0 Å². The number of nitrogens with one attached hydrogen (secondary N) is 1. The molecular weight excluding hydrogens is 488 g/mol. The van der Waals surface area contributed by atoms with E-state index in [1.54, 1.807) is 12.4 Å². The predicted octanol–water partition coefficient (Wildman–Crippen LogP) is 5.43. The zero-order chi connectivity index (χ0) is 22.1. The fourth-order valence-corrected chi connectivity index (χ4v) is 5.45. The molecule has 1 aliphatic heterocycles. The third-order valence-corrected chi connectivity index (χ3v) is 7.17. The molecule has 1 saturated heterocycles. The Morgan fingerprint density at radius 2 is 1.81 bits per heavy atom. The number of hydrogen-bond acceptors (Lipinski definition) is 4. The van der Waals surface area contributed by atoms with E-state index in [0.29, 0.717) is 0 Å². The van der Waals surface area contributed by atoms with E-state index in [4.69, 9.17) is 16.6 Å². The molecule has 1 aromatic carbocycles. The molecule has 0 radical (unpaired) electrons. The number of aromatic nitrogens is 2. The SMILES string of the molecule is O=C(Nc1ccncc1)C1CCN(C2c3ccc(Cl)cc3CCc3cc(Br)cnc32)CC1. The molecule has 1 unspecified atom stereocenters. The van der Waals surface area contributed by atoms with Crippen LogP contribution in [0.5, 0.6) is 0 Å². The first-order chi connectivity index (χ1) is 15.6. The van der Waals surface area contributed by atoms with Crippen LogP contribution in [0.15, 0.2) is 59.5 Å². The Morgan fingerprint density at radius 1 is 1.06 bits per heavy atom. The lowest BCUT2D eigenvalue weighted by Crippen LogP contribution is -2.41. The molecule has 5 rings (SSSR count). The van der Waals surface area contributed by atoms with Crippen molar-refractivity contribution in [2.24, 2.45) is 5.92 Å². The van der Waals surface area contributed by atoms with Crippen molar-refractivity contribution in [2.45, 2.75) is 31.7 Å². The number of rotatable bonds is 3. The molecular formula is C25H24BrClN4O. The molecule has 1 atom stereocenters. The van der Waals surface area contributed by atoms with Crippen LogP contribution < -0.4 is 5.32 Å². The maximum absolute atomic E-state index is 12.8. The number of carbonyl (C=O) groups is 1. The lowest BCUT2D eigenvalue weighted by atomic mass is 9.91. The van der Waals surface area contributed by atoms with E-state index in [0.717, 1.165) is 59.6 Å². The molecule has 7 heteroatoms. The summed E-state index contributed by atoms with van der Waals surface area (Å²) in [5, 5.41) is 3.80. The highest BCUT2D eigenvalue weighted by Gasteiger charge is 2.34. The summed E-state index contributed by atoms with van der Waals surface area (Å²) >= 11 is 9.92. The highest BCUT2D eigenvalue weighted by Crippen LogP contribution is 2.39. The van der Waals surface area contributed by atoms with E-state index in [1.807, 2.05) is 24.4 Å². The summed E-state index contributed by atoms with van der Waals surface area (Å²) in [6, 6.07) is 12.1. The number of halogens is 2. The van der Waals surface area contributed by atoms with Crippen molar-refractivity contribution in [1.29, 1.82) is 0 Å². The molecule has 2 aliphatic rings. The number of piperidine rings is 1. The zero-order valence-corrected chi connectivity index (χ0v) is 19.9. The molecule has 1 amide bonds. The van der Waals surface area contributed by atoms with Gasteiger partial charge in [-0.2, -0.15) is 0 Å². The third kappa shape index (κ3) is 4.45. The fraction of sp³-hybridized carbons (Fsp3) is 0.320. The zero-order valence-electron chi connectivity index (χ0n) is 17.6. The summed E-state index contributed by atoms with van der Waals surface area (Å²) in [6.45, 7) is 1.69. The van der Waals surface area contributed by atoms with Crippen molar-refractivity contribution in [3.05, 3.63) is 86.9 Å². The van der Waals surface area contributed by atoms with E-state index in [2.05, 4.69) is 49.3 Å². The van der Waals surface area contributed by atoms with E-state index in [1.165, 1.54) is 16.7 Å². The van der Waals surface area contributed by atoms with Gasteiger partial charge in [0, 0.05) is 39.7 Å². The number of hydrogen-bond donors (Lipinski definition) is 1. The minimum Gasteiger partial charge on any atom is -0.326 e.